The molecule has 2 heterocycles. The molecule has 0 aliphatic carbocycles. The minimum absolute atomic E-state index is 0.216. The molecule has 5 heteroatoms. The van der Waals surface area contributed by atoms with Gasteiger partial charge in [-0.05, 0) is 6.92 Å². The molecule has 13 heavy (non-hydrogen) atoms. The third-order valence-electron chi connectivity index (χ3n) is 1.79. The summed E-state index contributed by atoms with van der Waals surface area (Å²) in [6.07, 6.45) is 2.07. The predicted molar refractivity (Wildman–Crippen MR) is 50.7 cm³/mol. The molecule has 0 unspecified atom stereocenters. The first kappa shape index (κ1) is 8.25. The summed E-state index contributed by atoms with van der Waals surface area (Å²) in [6, 6.07) is 0. The fraction of sp³-hybridized carbons (Fsp3) is 0.250. The normalized spacial score (nSPS) is 10.8. The highest BCUT2D eigenvalue weighted by molar-refractivity contribution is 7.15. The Balaban J connectivity index is 2.44. The molecule has 1 amide bonds. The Morgan fingerprint density at radius 2 is 2.54 bits per heavy atom. The summed E-state index contributed by atoms with van der Waals surface area (Å²) < 4.78 is 1.96. The van der Waals surface area contributed by atoms with E-state index in [1.165, 1.54) is 0 Å². The second-order valence-electron chi connectivity index (χ2n) is 2.90. The molecule has 2 N–H and O–H groups in total. The maximum absolute atomic E-state index is 10.6. The number of carbonyl (C=O) groups is 1. The van der Waals surface area contributed by atoms with Gasteiger partial charge >= 0.3 is 0 Å². The number of nitrogens with zero attached hydrogens (tertiary/aromatic N) is 2. The molecule has 4 nitrogen and oxygen atoms in total. The van der Waals surface area contributed by atoms with Crippen molar-refractivity contribution in [3.63, 3.8) is 0 Å². The van der Waals surface area contributed by atoms with Crippen LogP contribution in [0.15, 0.2) is 11.6 Å². The van der Waals surface area contributed by atoms with Crippen LogP contribution in [-0.4, -0.2) is 15.3 Å². The Hall–Kier alpha value is -1.36. The van der Waals surface area contributed by atoms with Gasteiger partial charge in [-0.2, -0.15) is 0 Å². The van der Waals surface area contributed by atoms with Crippen LogP contribution in [0.2, 0.25) is 0 Å². The van der Waals surface area contributed by atoms with Gasteiger partial charge in [0, 0.05) is 17.3 Å². The lowest BCUT2D eigenvalue weighted by atomic mass is 10.3. The highest BCUT2D eigenvalue weighted by atomic mass is 32.1. The van der Waals surface area contributed by atoms with Crippen LogP contribution >= 0.6 is 11.3 Å². The van der Waals surface area contributed by atoms with Crippen molar-refractivity contribution in [3.8, 4) is 0 Å². The van der Waals surface area contributed by atoms with Gasteiger partial charge in [0.25, 0.3) is 0 Å². The van der Waals surface area contributed by atoms with Crippen LogP contribution in [0, 0.1) is 6.92 Å². The first-order valence-electron chi connectivity index (χ1n) is 3.87. The molecule has 0 saturated heterocycles. The van der Waals surface area contributed by atoms with Gasteiger partial charge in [-0.1, -0.05) is 0 Å². The Kier molecular flexibility index (Phi) is 1.81. The fourth-order valence-electron chi connectivity index (χ4n) is 1.20. The van der Waals surface area contributed by atoms with Gasteiger partial charge in [-0.3, -0.25) is 9.20 Å². The third kappa shape index (κ3) is 1.42. The number of amides is 1. The molecular formula is C8H9N3OS. The van der Waals surface area contributed by atoms with Crippen molar-refractivity contribution in [2.24, 2.45) is 5.73 Å². The third-order valence-corrected chi connectivity index (χ3v) is 2.75. The van der Waals surface area contributed by atoms with Crippen LogP contribution in [0.3, 0.4) is 0 Å². The number of thiazole rings is 1. The van der Waals surface area contributed by atoms with Crippen molar-refractivity contribution in [1.29, 1.82) is 0 Å². The summed E-state index contributed by atoms with van der Waals surface area (Å²) in [5.74, 6) is -0.344. The zero-order valence-corrected chi connectivity index (χ0v) is 7.97. The van der Waals surface area contributed by atoms with Crippen molar-refractivity contribution < 1.29 is 4.79 Å². The number of nitrogens with two attached hydrogens (primary N) is 1. The molecule has 0 atom stereocenters. The molecule has 0 aliphatic rings. The van der Waals surface area contributed by atoms with Gasteiger partial charge in [-0.15, -0.1) is 11.3 Å². The van der Waals surface area contributed by atoms with E-state index < -0.39 is 0 Å². The Morgan fingerprint density at radius 3 is 3.15 bits per heavy atom. The number of fused-ring (bicyclic) bond motifs is 1. The number of hydrogen-bond donors (Lipinski definition) is 1. The first-order chi connectivity index (χ1) is 6.16. The maximum atomic E-state index is 10.6. The molecule has 68 valence electrons. The molecule has 0 aromatic carbocycles. The summed E-state index contributed by atoms with van der Waals surface area (Å²) in [6.45, 7) is 2.00. The number of hydrogen-bond acceptors (Lipinski definition) is 3. The van der Waals surface area contributed by atoms with E-state index in [1.807, 2.05) is 22.9 Å². The van der Waals surface area contributed by atoms with Crippen molar-refractivity contribution in [2.45, 2.75) is 13.3 Å². The quantitative estimate of drug-likeness (QED) is 0.768. The van der Waals surface area contributed by atoms with Gasteiger partial charge in [0.15, 0.2) is 4.96 Å². The van der Waals surface area contributed by atoms with E-state index in [4.69, 9.17) is 5.73 Å². The average molecular weight is 195 g/mol. The standard InChI is InChI=1S/C8H9N3OS/c1-5-4-13-8-10-6(2-7(9)12)3-11(5)8/h3-4H,2H2,1H3,(H2,9,12). The van der Waals surface area contributed by atoms with E-state index in [0.29, 0.717) is 0 Å². The summed E-state index contributed by atoms with van der Waals surface area (Å²) in [4.78, 5) is 15.8. The number of imidazole rings is 1. The van der Waals surface area contributed by atoms with E-state index in [1.54, 1.807) is 11.3 Å². The van der Waals surface area contributed by atoms with Gasteiger partial charge in [0.2, 0.25) is 5.91 Å². The van der Waals surface area contributed by atoms with Crippen molar-refractivity contribution in [3.05, 3.63) is 23.0 Å². The first-order valence-corrected chi connectivity index (χ1v) is 4.75. The largest absolute Gasteiger partial charge is 0.369 e. The molecule has 0 spiro atoms. The fourth-order valence-corrected chi connectivity index (χ4v) is 2.07. The smallest absolute Gasteiger partial charge is 0.223 e. The van der Waals surface area contributed by atoms with Crippen LogP contribution in [-0.2, 0) is 11.2 Å². The minimum atomic E-state index is -0.344. The Labute approximate surface area is 79.0 Å². The average Bonchev–Trinajstić information content (AvgIpc) is 2.53. The number of rotatable bonds is 2. The molecule has 2 aromatic rings. The van der Waals surface area contributed by atoms with Crippen LogP contribution in [0.4, 0.5) is 0 Å². The molecular weight excluding hydrogens is 186 g/mol. The van der Waals surface area contributed by atoms with Crippen LogP contribution < -0.4 is 5.73 Å². The Morgan fingerprint density at radius 1 is 1.77 bits per heavy atom. The van der Waals surface area contributed by atoms with Crippen molar-refractivity contribution in [1.82, 2.24) is 9.38 Å². The summed E-state index contributed by atoms with van der Waals surface area (Å²) in [5, 5.41) is 2.02. The number of primary amides is 1. The number of aromatic nitrogens is 2. The predicted octanol–water partition coefficient (Wildman–Crippen LogP) is 0.732. The van der Waals surface area contributed by atoms with E-state index >= 15 is 0 Å². The van der Waals surface area contributed by atoms with Crippen molar-refractivity contribution >= 4 is 22.2 Å². The minimum Gasteiger partial charge on any atom is -0.369 e. The van der Waals surface area contributed by atoms with Crippen LogP contribution in [0.5, 0.6) is 0 Å². The number of aryl methyl sites for hydroxylation is 1. The molecule has 2 rings (SSSR count). The lowest BCUT2D eigenvalue weighted by Gasteiger charge is -1.87. The van der Waals surface area contributed by atoms with E-state index in [9.17, 15) is 4.79 Å². The van der Waals surface area contributed by atoms with Gasteiger partial charge in [0.1, 0.15) is 0 Å². The molecule has 0 aliphatic heterocycles. The van der Waals surface area contributed by atoms with Gasteiger partial charge < -0.3 is 5.73 Å². The molecule has 0 radical (unpaired) electrons. The molecule has 2 aromatic heterocycles. The second-order valence-corrected chi connectivity index (χ2v) is 3.74. The topological polar surface area (TPSA) is 60.4 Å². The Bertz CT molecular complexity index is 457. The second kappa shape index (κ2) is 2.85. The van der Waals surface area contributed by atoms with Gasteiger partial charge in [0.05, 0.1) is 12.1 Å². The highest BCUT2D eigenvalue weighted by Crippen LogP contribution is 2.15. The lowest BCUT2D eigenvalue weighted by molar-refractivity contribution is -0.117. The zero-order valence-electron chi connectivity index (χ0n) is 7.15. The maximum Gasteiger partial charge on any atom is 0.223 e. The number of carbonyl (C=O) groups excluding carboxylic acids is 1. The zero-order chi connectivity index (χ0) is 9.42. The lowest BCUT2D eigenvalue weighted by Crippen LogP contribution is -2.13. The molecule has 0 bridgehead atoms. The van der Waals surface area contributed by atoms with Gasteiger partial charge in [-0.25, -0.2) is 4.98 Å². The van der Waals surface area contributed by atoms with Crippen LogP contribution in [0.25, 0.3) is 4.96 Å². The van der Waals surface area contributed by atoms with Crippen molar-refractivity contribution in [2.75, 3.05) is 0 Å². The summed E-state index contributed by atoms with van der Waals surface area (Å²) in [5.41, 5.74) is 6.93. The summed E-state index contributed by atoms with van der Waals surface area (Å²) >= 11 is 1.56. The summed E-state index contributed by atoms with van der Waals surface area (Å²) in [7, 11) is 0. The highest BCUT2D eigenvalue weighted by Gasteiger charge is 2.06. The van der Waals surface area contributed by atoms with E-state index in [0.717, 1.165) is 16.3 Å². The van der Waals surface area contributed by atoms with E-state index in [-0.39, 0.29) is 12.3 Å². The van der Waals surface area contributed by atoms with E-state index in [2.05, 4.69) is 4.98 Å². The monoisotopic (exact) mass is 195 g/mol. The van der Waals surface area contributed by atoms with Crippen LogP contribution in [0.1, 0.15) is 11.4 Å². The molecule has 0 saturated carbocycles. The molecule has 0 fully saturated rings. The SMILES string of the molecule is Cc1csc2nc(CC(N)=O)cn12.